The summed E-state index contributed by atoms with van der Waals surface area (Å²) in [6.07, 6.45) is 2.23. The molecule has 3 nitrogen and oxygen atoms in total. The lowest BCUT2D eigenvalue weighted by molar-refractivity contribution is 0.329. The molecule has 0 atom stereocenters. The van der Waals surface area contributed by atoms with E-state index in [1.807, 2.05) is 7.05 Å². The minimum atomic E-state index is 1.00. The van der Waals surface area contributed by atoms with E-state index in [1.165, 1.54) is 17.5 Å². The van der Waals surface area contributed by atoms with Crippen LogP contribution in [0.4, 0.5) is 0 Å². The smallest absolute Gasteiger partial charge is 0.122 e. The zero-order chi connectivity index (χ0) is 13.4. The number of nitrogens with zero attached hydrogens (tertiary/aromatic N) is 1. The molecule has 0 fully saturated rings. The fraction of sp³-hybridized carbons (Fsp3) is 0.600. The molecule has 0 spiro atoms. The highest BCUT2D eigenvalue weighted by Gasteiger charge is 2.05. The van der Waals surface area contributed by atoms with Crippen LogP contribution in [-0.4, -0.2) is 45.7 Å². The normalized spacial score (nSPS) is 10.9. The second kappa shape index (κ2) is 8.11. The van der Waals surface area contributed by atoms with Gasteiger partial charge in [-0.2, -0.15) is 0 Å². The molecule has 0 aliphatic heterocycles. The summed E-state index contributed by atoms with van der Waals surface area (Å²) in [5.74, 6) is 1.00. The fourth-order valence-corrected chi connectivity index (χ4v) is 2.05. The zero-order valence-electron chi connectivity index (χ0n) is 12.1. The Morgan fingerprint density at radius 3 is 2.72 bits per heavy atom. The number of rotatable bonds is 8. The maximum atomic E-state index is 5.40. The molecule has 0 aliphatic rings. The standard InChI is InChI=1S/C15H26N2O/c1-13-6-7-15(18-4)14(12-13)8-11-17(3)10-5-9-16-2/h6-7,12,16H,5,8-11H2,1-4H3. The van der Waals surface area contributed by atoms with Crippen LogP contribution < -0.4 is 10.1 Å². The van der Waals surface area contributed by atoms with Gasteiger partial charge in [-0.1, -0.05) is 17.7 Å². The van der Waals surface area contributed by atoms with Crippen molar-refractivity contribution in [1.29, 1.82) is 0 Å². The molecule has 0 radical (unpaired) electrons. The Kier molecular flexibility index (Phi) is 6.76. The van der Waals surface area contributed by atoms with Gasteiger partial charge in [-0.05, 0) is 58.6 Å². The lowest BCUT2D eigenvalue weighted by atomic mass is 10.1. The zero-order valence-corrected chi connectivity index (χ0v) is 12.1. The Labute approximate surface area is 111 Å². The van der Waals surface area contributed by atoms with Crippen LogP contribution in [0.25, 0.3) is 0 Å². The lowest BCUT2D eigenvalue weighted by Gasteiger charge is -2.17. The van der Waals surface area contributed by atoms with E-state index in [2.05, 4.69) is 42.4 Å². The molecule has 102 valence electrons. The van der Waals surface area contributed by atoms with Crippen LogP contribution in [-0.2, 0) is 6.42 Å². The second-order valence-electron chi connectivity index (χ2n) is 4.83. The molecule has 18 heavy (non-hydrogen) atoms. The van der Waals surface area contributed by atoms with E-state index in [1.54, 1.807) is 7.11 Å². The van der Waals surface area contributed by atoms with Crippen molar-refractivity contribution < 1.29 is 4.74 Å². The summed E-state index contributed by atoms with van der Waals surface area (Å²) in [6, 6.07) is 6.38. The Hall–Kier alpha value is -1.06. The topological polar surface area (TPSA) is 24.5 Å². The lowest BCUT2D eigenvalue weighted by Crippen LogP contribution is -2.25. The molecule has 0 bridgehead atoms. The third kappa shape index (κ3) is 5.07. The molecule has 3 heteroatoms. The fourth-order valence-electron chi connectivity index (χ4n) is 2.05. The summed E-state index contributed by atoms with van der Waals surface area (Å²) >= 11 is 0. The second-order valence-corrected chi connectivity index (χ2v) is 4.83. The number of nitrogens with one attached hydrogen (secondary N) is 1. The van der Waals surface area contributed by atoms with Gasteiger partial charge in [0.1, 0.15) is 5.75 Å². The van der Waals surface area contributed by atoms with Crippen LogP contribution in [0.1, 0.15) is 17.5 Å². The van der Waals surface area contributed by atoms with Crippen molar-refractivity contribution in [1.82, 2.24) is 10.2 Å². The van der Waals surface area contributed by atoms with Crippen molar-refractivity contribution in [3.8, 4) is 5.75 Å². The predicted octanol–water partition coefficient (Wildman–Crippen LogP) is 2.09. The Balaban J connectivity index is 2.44. The van der Waals surface area contributed by atoms with Crippen LogP contribution in [0, 0.1) is 6.92 Å². The van der Waals surface area contributed by atoms with Gasteiger partial charge < -0.3 is 15.0 Å². The van der Waals surface area contributed by atoms with Crippen LogP contribution >= 0.6 is 0 Å². The maximum absolute atomic E-state index is 5.40. The Morgan fingerprint density at radius 2 is 2.06 bits per heavy atom. The number of benzene rings is 1. The summed E-state index contributed by atoms with van der Waals surface area (Å²) in [5, 5.41) is 3.18. The number of aryl methyl sites for hydroxylation is 1. The van der Waals surface area contributed by atoms with E-state index < -0.39 is 0 Å². The van der Waals surface area contributed by atoms with Gasteiger partial charge in [0.05, 0.1) is 7.11 Å². The van der Waals surface area contributed by atoms with E-state index in [-0.39, 0.29) is 0 Å². The van der Waals surface area contributed by atoms with Crippen molar-refractivity contribution in [2.45, 2.75) is 19.8 Å². The highest BCUT2D eigenvalue weighted by molar-refractivity contribution is 5.37. The van der Waals surface area contributed by atoms with Gasteiger partial charge in [0.2, 0.25) is 0 Å². The molecule has 1 rings (SSSR count). The number of ether oxygens (including phenoxy) is 1. The molecular weight excluding hydrogens is 224 g/mol. The van der Waals surface area contributed by atoms with Gasteiger partial charge in [-0.15, -0.1) is 0 Å². The molecule has 0 heterocycles. The molecule has 0 saturated heterocycles. The molecular formula is C15H26N2O. The quantitative estimate of drug-likeness (QED) is 0.715. The maximum Gasteiger partial charge on any atom is 0.122 e. The van der Waals surface area contributed by atoms with Crippen LogP contribution in [0.5, 0.6) is 5.75 Å². The molecule has 0 unspecified atom stereocenters. The highest BCUT2D eigenvalue weighted by atomic mass is 16.5. The van der Waals surface area contributed by atoms with Gasteiger partial charge >= 0.3 is 0 Å². The van der Waals surface area contributed by atoms with E-state index in [4.69, 9.17) is 4.74 Å². The highest BCUT2D eigenvalue weighted by Crippen LogP contribution is 2.20. The average Bonchev–Trinajstić information content (AvgIpc) is 2.37. The van der Waals surface area contributed by atoms with Crippen LogP contribution in [0.15, 0.2) is 18.2 Å². The van der Waals surface area contributed by atoms with Crippen molar-refractivity contribution in [3.63, 3.8) is 0 Å². The van der Waals surface area contributed by atoms with E-state index in [9.17, 15) is 0 Å². The molecule has 0 aromatic heterocycles. The minimum absolute atomic E-state index is 1.00. The molecule has 1 aromatic rings. The molecule has 0 aliphatic carbocycles. The Bertz CT molecular complexity index is 352. The first-order valence-electron chi connectivity index (χ1n) is 6.64. The van der Waals surface area contributed by atoms with Gasteiger partial charge in [0, 0.05) is 6.54 Å². The average molecular weight is 250 g/mol. The van der Waals surface area contributed by atoms with Crippen LogP contribution in [0.2, 0.25) is 0 Å². The third-order valence-electron chi connectivity index (χ3n) is 3.17. The first-order chi connectivity index (χ1) is 8.67. The van der Waals surface area contributed by atoms with Crippen molar-refractivity contribution in [2.75, 3.05) is 40.8 Å². The van der Waals surface area contributed by atoms with E-state index >= 15 is 0 Å². The number of hydrogen-bond donors (Lipinski definition) is 1. The van der Waals surface area contributed by atoms with E-state index in [0.717, 1.165) is 31.8 Å². The SMILES string of the molecule is CNCCCN(C)CCc1cc(C)ccc1OC. The summed E-state index contributed by atoms with van der Waals surface area (Å²) in [5.41, 5.74) is 2.60. The predicted molar refractivity (Wildman–Crippen MR) is 77.5 cm³/mol. The van der Waals surface area contributed by atoms with Crippen LogP contribution in [0.3, 0.4) is 0 Å². The monoisotopic (exact) mass is 250 g/mol. The van der Waals surface area contributed by atoms with Crippen molar-refractivity contribution in [2.24, 2.45) is 0 Å². The molecule has 0 amide bonds. The summed E-state index contributed by atoms with van der Waals surface area (Å²) in [7, 11) is 5.92. The Morgan fingerprint density at radius 1 is 1.28 bits per heavy atom. The van der Waals surface area contributed by atoms with Crippen molar-refractivity contribution in [3.05, 3.63) is 29.3 Å². The minimum Gasteiger partial charge on any atom is -0.496 e. The largest absolute Gasteiger partial charge is 0.496 e. The third-order valence-corrected chi connectivity index (χ3v) is 3.17. The summed E-state index contributed by atoms with van der Waals surface area (Å²) in [4.78, 5) is 2.37. The van der Waals surface area contributed by atoms with Gasteiger partial charge in [0.15, 0.2) is 0 Å². The number of hydrogen-bond acceptors (Lipinski definition) is 3. The molecule has 1 N–H and O–H groups in total. The van der Waals surface area contributed by atoms with E-state index in [0.29, 0.717) is 0 Å². The van der Waals surface area contributed by atoms with Gasteiger partial charge in [0.25, 0.3) is 0 Å². The summed E-state index contributed by atoms with van der Waals surface area (Å²) < 4.78 is 5.40. The van der Waals surface area contributed by atoms with Gasteiger partial charge in [-0.3, -0.25) is 0 Å². The number of likely N-dealkylation sites (N-methyl/N-ethyl adjacent to an activating group) is 1. The molecule has 1 aromatic carbocycles. The number of methoxy groups -OCH3 is 1. The summed E-state index contributed by atoms with van der Waals surface area (Å²) in [6.45, 7) is 5.41. The first-order valence-corrected chi connectivity index (χ1v) is 6.64. The molecule has 0 saturated carbocycles. The first kappa shape index (κ1) is 15.0. The van der Waals surface area contributed by atoms with Gasteiger partial charge in [-0.25, -0.2) is 0 Å². The van der Waals surface area contributed by atoms with Crippen molar-refractivity contribution >= 4 is 0 Å².